The molecule has 3 nitrogen and oxygen atoms in total. The van der Waals surface area contributed by atoms with Crippen LogP contribution < -0.4 is 5.32 Å². The third-order valence-corrected chi connectivity index (χ3v) is 4.22. The molecule has 0 saturated carbocycles. The van der Waals surface area contributed by atoms with Gasteiger partial charge in [0.25, 0.3) is 0 Å². The third kappa shape index (κ3) is 2.87. The van der Waals surface area contributed by atoms with E-state index in [1.165, 1.54) is 6.07 Å². The van der Waals surface area contributed by atoms with Crippen LogP contribution in [-0.2, 0) is 0 Å². The van der Waals surface area contributed by atoms with E-state index in [1.54, 1.807) is 13.1 Å². The lowest BCUT2D eigenvalue weighted by atomic mass is 10.0. The van der Waals surface area contributed by atoms with E-state index in [1.807, 2.05) is 54.1 Å². The molecule has 0 spiro atoms. The fraction of sp³-hybridized carbons (Fsp3) is 0.263. The summed E-state index contributed by atoms with van der Waals surface area (Å²) in [5.74, 6) is -0.270. The Morgan fingerprint density at radius 2 is 1.87 bits per heavy atom. The zero-order valence-corrected chi connectivity index (χ0v) is 13.3. The van der Waals surface area contributed by atoms with E-state index in [9.17, 15) is 9.50 Å². The maximum absolute atomic E-state index is 14.5. The summed E-state index contributed by atoms with van der Waals surface area (Å²) in [5, 5.41) is 14.5. The number of aliphatic hydroxyl groups is 1. The van der Waals surface area contributed by atoms with Crippen molar-refractivity contribution in [3.8, 4) is 0 Å². The molecule has 2 aromatic carbocycles. The van der Waals surface area contributed by atoms with Crippen LogP contribution in [0.5, 0.6) is 0 Å². The number of fused-ring (bicyclic) bond motifs is 1. The van der Waals surface area contributed by atoms with Crippen LogP contribution in [0.4, 0.5) is 4.39 Å². The topological polar surface area (TPSA) is 37.2 Å². The molecule has 1 heterocycles. The van der Waals surface area contributed by atoms with Gasteiger partial charge in [-0.2, -0.15) is 0 Å². The summed E-state index contributed by atoms with van der Waals surface area (Å²) < 4.78 is 16.3. The summed E-state index contributed by atoms with van der Waals surface area (Å²) in [6.45, 7) is 2.39. The first-order valence-corrected chi connectivity index (χ1v) is 7.76. The maximum atomic E-state index is 14.5. The zero-order valence-electron chi connectivity index (χ0n) is 13.3. The highest BCUT2D eigenvalue weighted by molar-refractivity contribution is 5.84. The molecule has 120 valence electrons. The number of halogens is 1. The van der Waals surface area contributed by atoms with Crippen LogP contribution in [0.1, 0.15) is 17.2 Å². The van der Waals surface area contributed by atoms with Gasteiger partial charge in [-0.25, -0.2) is 4.39 Å². The normalized spacial score (nSPS) is 14.1. The molecule has 3 rings (SSSR count). The van der Waals surface area contributed by atoms with Gasteiger partial charge in [-0.05, 0) is 31.2 Å². The van der Waals surface area contributed by atoms with Crippen molar-refractivity contribution >= 4 is 10.9 Å². The fourth-order valence-electron chi connectivity index (χ4n) is 3.20. The van der Waals surface area contributed by atoms with Crippen LogP contribution in [0.2, 0.25) is 0 Å². The second-order valence-corrected chi connectivity index (χ2v) is 5.84. The van der Waals surface area contributed by atoms with Gasteiger partial charge in [-0.15, -0.1) is 0 Å². The van der Waals surface area contributed by atoms with E-state index in [2.05, 4.69) is 5.32 Å². The zero-order chi connectivity index (χ0) is 16.4. The van der Waals surface area contributed by atoms with Crippen LogP contribution in [0.15, 0.2) is 54.7 Å². The molecule has 2 unspecified atom stereocenters. The lowest BCUT2D eigenvalue weighted by molar-refractivity contribution is 0.132. The van der Waals surface area contributed by atoms with Gasteiger partial charge in [0.2, 0.25) is 0 Å². The molecule has 0 fully saturated rings. The number of hydrogen-bond donors (Lipinski definition) is 2. The quantitative estimate of drug-likeness (QED) is 0.759. The van der Waals surface area contributed by atoms with Crippen molar-refractivity contribution in [1.82, 2.24) is 9.88 Å². The molecule has 0 aliphatic heterocycles. The van der Waals surface area contributed by atoms with Crippen LogP contribution in [-0.4, -0.2) is 29.4 Å². The van der Waals surface area contributed by atoms with E-state index in [-0.39, 0.29) is 11.9 Å². The monoisotopic (exact) mass is 312 g/mol. The van der Waals surface area contributed by atoms with Crippen molar-refractivity contribution in [3.05, 3.63) is 71.7 Å². The molecule has 3 aromatic rings. The predicted octanol–water partition coefficient (Wildman–Crippen LogP) is 3.26. The number of hydrogen-bond acceptors (Lipinski definition) is 2. The van der Waals surface area contributed by atoms with Crippen molar-refractivity contribution in [1.29, 1.82) is 0 Å². The van der Waals surface area contributed by atoms with E-state index in [0.29, 0.717) is 12.1 Å². The average Bonchev–Trinajstić information content (AvgIpc) is 2.87. The second-order valence-electron chi connectivity index (χ2n) is 5.84. The third-order valence-electron chi connectivity index (χ3n) is 4.22. The SMILES string of the molecule is CNCC(O)C(c1ccccc1)n1cc(C)c2cccc(F)c21. The van der Waals surface area contributed by atoms with E-state index < -0.39 is 6.10 Å². The number of nitrogens with zero attached hydrogens (tertiary/aromatic N) is 1. The Morgan fingerprint density at radius 1 is 1.13 bits per heavy atom. The fourth-order valence-corrected chi connectivity index (χ4v) is 3.20. The Morgan fingerprint density at radius 3 is 2.57 bits per heavy atom. The summed E-state index contributed by atoms with van der Waals surface area (Å²) in [6.07, 6.45) is 1.25. The van der Waals surface area contributed by atoms with Gasteiger partial charge in [-0.3, -0.25) is 0 Å². The molecule has 0 aliphatic carbocycles. The Bertz CT molecular complexity index is 798. The number of rotatable bonds is 5. The Balaban J connectivity index is 2.22. The average molecular weight is 312 g/mol. The standard InChI is InChI=1S/C19H21FN2O/c1-13-12-22(19-15(13)9-6-10-16(19)20)18(17(23)11-21-2)14-7-4-3-5-8-14/h3-10,12,17-18,21,23H,11H2,1-2H3. The largest absolute Gasteiger partial charge is 0.389 e. The number of benzene rings is 2. The first kappa shape index (κ1) is 15.7. The molecule has 0 saturated heterocycles. The van der Waals surface area contributed by atoms with Gasteiger partial charge >= 0.3 is 0 Å². The molecule has 1 aromatic heterocycles. The van der Waals surface area contributed by atoms with Crippen LogP contribution in [0.25, 0.3) is 10.9 Å². The van der Waals surface area contributed by atoms with Crippen LogP contribution >= 0.6 is 0 Å². The highest BCUT2D eigenvalue weighted by atomic mass is 19.1. The number of nitrogens with one attached hydrogen (secondary N) is 1. The highest BCUT2D eigenvalue weighted by Crippen LogP contribution is 2.31. The van der Waals surface area contributed by atoms with Crippen LogP contribution in [0.3, 0.4) is 0 Å². The number of aromatic nitrogens is 1. The van der Waals surface area contributed by atoms with E-state index in [0.717, 1.165) is 16.5 Å². The van der Waals surface area contributed by atoms with E-state index in [4.69, 9.17) is 0 Å². The van der Waals surface area contributed by atoms with Crippen molar-refractivity contribution < 1.29 is 9.50 Å². The molecule has 2 atom stereocenters. The first-order valence-electron chi connectivity index (χ1n) is 7.76. The minimum Gasteiger partial charge on any atom is -0.389 e. The molecular formula is C19H21FN2O. The Labute approximate surface area is 135 Å². The molecule has 0 radical (unpaired) electrons. The summed E-state index contributed by atoms with van der Waals surface area (Å²) in [4.78, 5) is 0. The molecule has 4 heteroatoms. The van der Waals surface area contributed by atoms with Crippen molar-refractivity contribution in [2.24, 2.45) is 0 Å². The summed E-state index contributed by atoms with van der Waals surface area (Å²) >= 11 is 0. The Kier molecular flexibility index (Phi) is 4.46. The first-order chi connectivity index (χ1) is 11.1. The minimum atomic E-state index is -0.669. The smallest absolute Gasteiger partial charge is 0.147 e. The van der Waals surface area contributed by atoms with Crippen molar-refractivity contribution in [3.63, 3.8) is 0 Å². The van der Waals surface area contributed by atoms with Gasteiger partial charge in [0.1, 0.15) is 5.82 Å². The van der Waals surface area contributed by atoms with Gasteiger partial charge in [0.05, 0.1) is 17.7 Å². The lowest BCUT2D eigenvalue weighted by Gasteiger charge is -2.26. The summed E-state index contributed by atoms with van der Waals surface area (Å²) in [5.41, 5.74) is 2.49. The highest BCUT2D eigenvalue weighted by Gasteiger charge is 2.25. The van der Waals surface area contributed by atoms with E-state index >= 15 is 0 Å². The van der Waals surface area contributed by atoms with Gasteiger partial charge in [0, 0.05) is 18.1 Å². The number of likely N-dealkylation sites (N-methyl/N-ethyl adjacent to an activating group) is 1. The molecule has 0 aliphatic rings. The number of aliphatic hydroxyl groups excluding tert-OH is 1. The maximum Gasteiger partial charge on any atom is 0.147 e. The van der Waals surface area contributed by atoms with Crippen molar-refractivity contribution in [2.75, 3.05) is 13.6 Å². The van der Waals surface area contributed by atoms with Crippen molar-refractivity contribution in [2.45, 2.75) is 19.1 Å². The lowest BCUT2D eigenvalue weighted by Crippen LogP contribution is -2.33. The molecule has 0 bridgehead atoms. The number of aryl methyl sites for hydroxylation is 1. The molecule has 0 amide bonds. The molecule has 2 N–H and O–H groups in total. The minimum absolute atomic E-state index is 0.270. The summed E-state index contributed by atoms with van der Waals surface area (Å²) in [7, 11) is 1.80. The summed E-state index contributed by atoms with van der Waals surface area (Å²) in [6, 6.07) is 14.5. The van der Waals surface area contributed by atoms with Crippen LogP contribution in [0, 0.1) is 12.7 Å². The molecule has 23 heavy (non-hydrogen) atoms. The van der Waals surface area contributed by atoms with Gasteiger partial charge < -0.3 is 15.0 Å². The van der Waals surface area contributed by atoms with Gasteiger partial charge in [-0.1, -0.05) is 42.5 Å². The molecular weight excluding hydrogens is 291 g/mol. The Hall–Kier alpha value is -2.17. The second kappa shape index (κ2) is 6.52. The number of para-hydroxylation sites is 1. The predicted molar refractivity (Wildman–Crippen MR) is 91.1 cm³/mol. The van der Waals surface area contributed by atoms with Gasteiger partial charge in [0.15, 0.2) is 0 Å².